The van der Waals surface area contributed by atoms with Crippen LogP contribution in [0, 0.1) is 0 Å². The van der Waals surface area contributed by atoms with E-state index in [9.17, 15) is 9.59 Å². The molecule has 0 spiro atoms. The lowest BCUT2D eigenvalue weighted by Gasteiger charge is -2.35. The van der Waals surface area contributed by atoms with Crippen molar-refractivity contribution in [2.45, 2.75) is 31.9 Å². The van der Waals surface area contributed by atoms with E-state index in [1.807, 2.05) is 5.38 Å². The number of rotatable bonds is 9. The second-order valence-corrected chi connectivity index (χ2v) is 10.0. The number of thiazole rings is 1. The van der Waals surface area contributed by atoms with Crippen LogP contribution in [0.2, 0.25) is 10.0 Å². The van der Waals surface area contributed by atoms with Crippen LogP contribution in [0.5, 0.6) is 0 Å². The molecule has 0 saturated carbocycles. The second kappa shape index (κ2) is 12.2. The molecule has 192 valence electrons. The van der Waals surface area contributed by atoms with Gasteiger partial charge >= 0.3 is 11.9 Å². The first kappa shape index (κ1) is 26.6. The Bertz CT molecular complexity index is 1170. The average Bonchev–Trinajstić information content (AvgIpc) is 3.38. The van der Waals surface area contributed by atoms with E-state index in [0.717, 1.165) is 0 Å². The number of halogens is 2. The highest BCUT2D eigenvalue weighted by Gasteiger charge is 2.35. The van der Waals surface area contributed by atoms with Gasteiger partial charge in [-0.25, -0.2) is 9.78 Å². The number of amidine groups is 1. The van der Waals surface area contributed by atoms with Crippen molar-refractivity contribution in [2.24, 2.45) is 4.99 Å². The Morgan fingerprint density at radius 3 is 2.89 bits per heavy atom. The minimum absolute atomic E-state index is 0.0333. The molecule has 2 aromatic rings. The number of aliphatic carboxylic acids is 1. The van der Waals surface area contributed by atoms with E-state index in [1.165, 1.54) is 11.3 Å². The molecule has 3 heterocycles. The second-order valence-electron chi connectivity index (χ2n) is 8.28. The van der Waals surface area contributed by atoms with Crippen molar-refractivity contribution < 1.29 is 24.2 Å². The molecule has 1 saturated heterocycles. The van der Waals surface area contributed by atoms with E-state index in [0.29, 0.717) is 70.4 Å². The van der Waals surface area contributed by atoms with Gasteiger partial charge in [0.05, 0.1) is 24.9 Å². The number of carboxylic acid groups (broad SMARTS) is 1. The summed E-state index contributed by atoms with van der Waals surface area (Å²) in [7, 11) is 0. The van der Waals surface area contributed by atoms with Crippen LogP contribution in [0.15, 0.2) is 46.0 Å². The Morgan fingerprint density at radius 2 is 2.19 bits per heavy atom. The van der Waals surface area contributed by atoms with Crippen LogP contribution in [-0.2, 0) is 19.1 Å². The summed E-state index contributed by atoms with van der Waals surface area (Å²) in [4.78, 5) is 35.6. The highest BCUT2D eigenvalue weighted by Crippen LogP contribution is 2.37. The monoisotopic (exact) mass is 552 g/mol. The summed E-state index contributed by atoms with van der Waals surface area (Å²) in [5.41, 5.74) is 1.61. The molecule has 9 nitrogen and oxygen atoms in total. The highest BCUT2D eigenvalue weighted by atomic mass is 35.5. The van der Waals surface area contributed by atoms with E-state index >= 15 is 0 Å². The third kappa shape index (κ3) is 6.43. The quantitative estimate of drug-likeness (QED) is 0.450. The van der Waals surface area contributed by atoms with Gasteiger partial charge in [-0.1, -0.05) is 29.3 Å². The zero-order valence-electron chi connectivity index (χ0n) is 19.6. The van der Waals surface area contributed by atoms with E-state index in [1.54, 1.807) is 31.3 Å². The van der Waals surface area contributed by atoms with Crippen molar-refractivity contribution in [1.82, 2.24) is 15.2 Å². The van der Waals surface area contributed by atoms with Gasteiger partial charge < -0.3 is 19.9 Å². The minimum atomic E-state index is -0.857. The smallest absolute Gasteiger partial charge is 0.338 e. The molecule has 4 rings (SSSR count). The largest absolute Gasteiger partial charge is 0.481 e. The molecule has 36 heavy (non-hydrogen) atoms. The predicted octanol–water partition coefficient (Wildman–Crippen LogP) is 3.92. The van der Waals surface area contributed by atoms with Crippen molar-refractivity contribution >= 4 is 52.3 Å². The van der Waals surface area contributed by atoms with Crippen LogP contribution < -0.4 is 5.32 Å². The summed E-state index contributed by atoms with van der Waals surface area (Å²) >= 11 is 14.1. The first-order valence-corrected chi connectivity index (χ1v) is 13.1. The number of benzene rings is 1. The molecule has 0 bridgehead atoms. The van der Waals surface area contributed by atoms with Gasteiger partial charge in [0.1, 0.15) is 6.04 Å². The number of carboxylic acids is 1. The van der Waals surface area contributed by atoms with Gasteiger partial charge in [0.25, 0.3) is 0 Å². The molecule has 1 fully saturated rings. The lowest BCUT2D eigenvalue weighted by Crippen LogP contribution is -2.46. The molecule has 1 aromatic heterocycles. The maximum absolute atomic E-state index is 13.3. The minimum Gasteiger partial charge on any atom is -0.481 e. The number of hydrogen-bond acceptors (Lipinski definition) is 9. The van der Waals surface area contributed by atoms with Gasteiger partial charge in [0.15, 0.2) is 10.8 Å². The summed E-state index contributed by atoms with van der Waals surface area (Å²) in [5, 5.41) is 15.7. The van der Waals surface area contributed by atoms with E-state index in [2.05, 4.69) is 15.2 Å². The van der Waals surface area contributed by atoms with Crippen molar-refractivity contribution in [3.8, 4) is 0 Å². The zero-order valence-corrected chi connectivity index (χ0v) is 21.9. The van der Waals surface area contributed by atoms with E-state index in [-0.39, 0.29) is 19.1 Å². The van der Waals surface area contributed by atoms with Crippen LogP contribution >= 0.6 is 34.5 Å². The molecule has 0 aliphatic carbocycles. The Balaban J connectivity index is 1.71. The number of nitrogens with one attached hydrogen (secondary N) is 1. The fourth-order valence-electron chi connectivity index (χ4n) is 4.17. The molecule has 0 amide bonds. The molecule has 2 N–H and O–H groups in total. The lowest BCUT2D eigenvalue weighted by atomic mass is 9.95. The first-order valence-electron chi connectivity index (χ1n) is 11.5. The third-order valence-electron chi connectivity index (χ3n) is 5.80. The average molecular weight is 553 g/mol. The Morgan fingerprint density at radius 1 is 1.36 bits per heavy atom. The zero-order chi connectivity index (χ0) is 25.7. The van der Waals surface area contributed by atoms with Gasteiger partial charge in [0.2, 0.25) is 0 Å². The van der Waals surface area contributed by atoms with Gasteiger partial charge in [-0.2, -0.15) is 0 Å². The number of esters is 1. The van der Waals surface area contributed by atoms with Crippen LogP contribution in [-0.4, -0.2) is 71.7 Å². The van der Waals surface area contributed by atoms with Gasteiger partial charge in [0, 0.05) is 58.9 Å². The van der Waals surface area contributed by atoms with E-state index < -0.39 is 18.0 Å². The number of ether oxygens (including phenoxy) is 2. The summed E-state index contributed by atoms with van der Waals surface area (Å²) in [5.74, 6) is -0.822. The molecule has 0 radical (unpaired) electrons. The summed E-state index contributed by atoms with van der Waals surface area (Å²) in [6.07, 6.45) is 1.93. The Labute approximate surface area is 222 Å². The standard InChI is InChI=1S/C24H26Cl2N4O5S/c1-2-34-24(33)20-18(13-30-8-9-35-15(12-30)4-6-19(31)32)28-22(23-27-7-10-36-23)29-21(20)16-5-3-14(25)11-17(16)26/h3,5,7,10-11,15,21H,2,4,6,8-9,12-13H2,1H3,(H,28,29)(H,31,32)/t15-,21+/m0/s1. The fourth-order valence-corrected chi connectivity index (χ4v) is 5.27. The number of aliphatic imine (C=N–C) groups is 1. The highest BCUT2D eigenvalue weighted by molar-refractivity contribution is 7.11. The molecular weight excluding hydrogens is 527 g/mol. The lowest BCUT2D eigenvalue weighted by molar-refractivity contribution is -0.139. The third-order valence-corrected chi connectivity index (χ3v) is 7.14. The molecule has 12 heteroatoms. The number of hydrogen-bond donors (Lipinski definition) is 2. The Kier molecular flexibility index (Phi) is 8.97. The van der Waals surface area contributed by atoms with Crippen molar-refractivity contribution in [3.05, 3.63) is 61.7 Å². The Hall–Kier alpha value is -2.50. The van der Waals surface area contributed by atoms with E-state index in [4.69, 9.17) is 42.8 Å². The molecule has 2 aliphatic rings. The molecule has 0 unspecified atom stereocenters. The maximum Gasteiger partial charge on any atom is 0.338 e. The predicted molar refractivity (Wildman–Crippen MR) is 138 cm³/mol. The number of carbonyl (C=O) groups is 2. The summed E-state index contributed by atoms with van der Waals surface area (Å²) in [6.45, 7) is 3.96. The van der Waals surface area contributed by atoms with Crippen LogP contribution in [0.25, 0.3) is 0 Å². The number of morpholine rings is 1. The van der Waals surface area contributed by atoms with Crippen LogP contribution in [0.4, 0.5) is 0 Å². The van der Waals surface area contributed by atoms with Crippen molar-refractivity contribution in [2.75, 3.05) is 32.8 Å². The van der Waals surface area contributed by atoms with Crippen LogP contribution in [0.3, 0.4) is 0 Å². The SMILES string of the molecule is CCOC(=O)C1=C(CN2CCO[C@@H](CCC(=O)O)C2)NC(c2nccs2)=N[C@@H]1c1ccc(Cl)cc1Cl. The van der Waals surface area contributed by atoms with Gasteiger partial charge in [-0.3, -0.25) is 14.7 Å². The fraction of sp³-hybridized carbons (Fsp3) is 0.417. The number of aromatic nitrogens is 1. The maximum atomic E-state index is 13.3. The number of nitrogens with zero attached hydrogens (tertiary/aromatic N) is 3. The van der Waals surface area contributed by atoms with Gasteiger partial charge in [-0.05, 0) is 25.5 Å². The molecule has 1 aromatic carbocycles. The molecule has 2 aliphatic heterocycles. The van der Waals surface area contributed by atoms with Gasteiger partial charge in [-0.15, -0.1) is 11.3 Å². The normalized spacial score (nSPS) is 20.6. The van der Waals surface area contributed by atoms with Crippen molar-refractivity contribution in [3.63, 3.8) is 0 Å². The topological polar surface area (TPSA) is 113 Å². The van der Waals surface area contributed by atoms with Crippen molar-refractivity contribution in [1.29, 1.82) is 0 Å². The summed E-state index contributed by atoms with van der Waals surface area (Å²) < 4.78 is 11.2. The first-order chi connectivity index (χ1) is 17.4. The van der Waals surface area contributed by atoms with Crippen LogP contribution in [0.1, 0.15) is 36.4 Å². The molecular formula is C24H26Cl2N4O5S. The molecule has 2 atom stereocenters. The summed E-state index contributed by atoms with van der Waals surface area (Å²) in [6, 6.07) is 4.36. The number of carbonyl (C=O) groups excluding carboxylic acids is 1.